The summed E-state index contributed by atoms with van der Waals surface area (Å²) in [5, 5.41) is 11.5. The standard InChI is InChI=1S/C20H30N2O.C12H19N3O/c1-3-4-8-16(2)18(23)22-15-20(17-9-5-6-12-21-17)13-19(14-20)10-7-11-19;1-8(16)11(12(2,3)4)15-7-10(13-14-15)9-5-6-9/h5-6,9,12,16H,3-4,7-8,10-11,13-15H2,1-2H3,(H,22,23);7,9,11H,5-6H2,1-4H3. The minimum absolute atomic E-state index is 0.0712. The molecule has 0 saturated heterocycles. The van der Waals surface area contributed by atoms with Crippen molar-refractivity contribution in [1.82, 2.24) is 25.3 Å². The molecule has 3 aliphatic rings. The van der Waals surface area contributed by atoms with Crippen molar-refractivity contribution >= 4 is 11.7 Å². The molecular weight excluding hydrogens is 486 g/mol. The number of rotatable bonds is 10. The van der Waals surface area contributed by atoms with Crippen molar-refractivity contribution < 1.29 is 9.59 Å². The van der Waals surface area contributed by atoms with Crippen molar-refractivity contribution in [2.45, 2.75) is 123 Å². The zero-order valence-corrected chi connectivity index (χ0v) is 25.0. The molecule has 3 saturated carbocycles. The minimum atomic E-state index is -0.215. The van der Waals surface area contributed by atoms with Gasteiger partial charge in [-0.15, -0.1) is 5.10 Å². The van der Waals surface area contributed by atoms with E-state index in [-0.39, 0.29) is 34.5 Å². The fourth-order valence-electron chi connectivity index (χ4n) is 6.73. The highest BCUT2D eigenvalue weighted by Crippen LogP contribution is 2.64. The molecule has 7 nitrogen and oxygen atoms in total. The van der Waals surface area contributed by atoms with Crippen LogP contribution >= 0.6 is 0 Å². The predicted octanol–water partition coefficient (Wildman–Crippen LogP) is 6.56. The number of Topliss-reactive ketones (excluding diaryl/α,β-unsaturated/α-hetero) is 1. The number of hydrogen-bond donors (Lipinski definition) is 1. The predicted molar refractivity (Wildman–Crippen MR) is 154 cm³/mol. The first-order valence-electron chi connectivity index (χ1n) is 15.1. The smallest absolute Gasteiger partial charge is 0.222 e. The number of carbonyl (C=O) groups is 2. The van der Waals surface area contributed by atoms with E-state index in [1.165, 1.54) is 50.6 Å². The van der Waals surface area contributed by atoms with E-state index in [0.29, 0.717) is 11.3 Å². The Bertz CT molecular complexity index is 1100. The number of pyridine rings is 1. The SMILES string of the molecule is CC(=O)C(n1cc(C2CC2)nn1)C(C)(C)C.CCCCC(C)C(=O)NCC1(c2ccccn2)CC2(CCC2)C1. The third kappa shape index (κ3) is 6.96. The molecular formula is C32H49N5O2. The van der Waals surface area contributed by atoms with Gasteiger partial charge in [-0.3, -0.25) is 14.6 Å². The van der Waals surface area contributed by atoms with Gasteiger partial charge in [-0.2, -0.15) is 0 Å². The van der Waals surface area contributed by atoms with Gasteiger partial charge in [0.05, 0.1) is 5.69 Å². The Balaban J connectivity index is 0.000000193. The third-order valence-electron chi connectivity index (χ3n) is 9.08. The Morgan fingerprint density at radius 1 is 1.18 bits per heavy atom. The number of unbranched alkanes of at least 4 members (excludes halogenated alkanes) is 1. The van der Waals surface area contributed by atoms with Crippen LogP contribution in [-0.2, 0) is 15.0 Å². The first-order chi connectivity index (χ1) is 18.5. The summed E-state index contributed by atoms with van der Waals surface area (Å²) in [6.07, 6.45) is 16.0. The van der Waals surface area contributed by atoms with Crippen LogP contribution in [0.4, 0.5) is 0 Å². The van der Waals surface area contributed by atoms with E-state index in [0.717, 1.165) is 31.5 Å². The number of hydrogen-bond acceptors (Lipinski definition) is 5. The Labute approximate surface area is 234 Å². The maximum absolute atomic E-state index is 12.4. The Kier molecular flexibility index (Phi) is 8.97. The van der Waals surface area contributed by atoms with Crippen molar-refractivity contribution in [2.24, 2.45) is 16.7 Å². The third-order valence-corrected chi connectivity index (χ3v) is 9.08. The lowest BCUT2D eigenvalue weighted by molar-refractivity contribution is -0.126. The van der Waals surface area contributed by atoms with Crippen LogP contribution in [0.5, 0.6) is 0 Å². The lowest BCUT2D eigenvalue weighted by Gasteiger charge is -2.61. The van der Waals surface area contributed by atoms with Crippen molar-refractivity contribution in [3.8, 4) is 0 Å². The second-order valence-corrected chi connectivity index (χ2v) is 13.7. The zero-order valence-electron chi connectivity index (χ0n) is 25.0. The highest BCUT2D eigenvalue weighted by Gasteiger charge is 2.58. The topological polar surface area (TPSA) is 89.8 Å². The van der Waals surface area contributed by atoms with Gasteiger partial charge in [-0.25, -0.2) is 4.68 Å². The molecule has 2 aromatic heterocycles. The summed E-state index contributed by atoms with van der Waals surface area (Å²) in [6.45, 7) is 12.8. The number of ketones is 1. The molecule has 2 heterocycles. The van der Waals surface area contributed by atoms with Crippen LogP contribution in [0.25, 0.3) is 0 Å². The minimum Gasteiger partial charge on any atom is -0.355 e. The summed E-state index contributed by atoms with van der Waals surface area (Å²) in [5.74, 6) is 1.05. The lowest BCUT2D eigenvalue weighted by atomic mass is 9.44. The quantitative estimate of drug-likeness (QED) is 0.372. The van der Waals surface area contributed by atoms with Crippen molar-refractivity contribution in [2.75, 3.05) is 6.54 Å². The van der Waals surface area contributed by atoms with Gasteiger partial charge < -0.3 is 5.32 Å². The highest BCUT2D eigenvalue weighted by atomic mass is 16.2. The molecule has 39 heavy (non-hydrogen) atoms. The molecule has 2 atom stereocenters. The van der Waals surface area contributed by atoms with E-state index >= 15 is 0 Å². The van der Waals surface area contributed by atoms with E-state index < -0.39 is 0 Å². The maximum Gasteiger partial charge on any atom is 0.222 e. The molecule has 3 fully saturated rings. The largest absolute Gasteiger partial charge is 0.355 e. The molecule has 0 radical (unpaired) electrons. The Hall–Kier alpha value is -2.57. The fourth-order valence-corrected chi connectivity index (χ4v) is 6.73. The van der Waals surface area contributed by atoms with Crippen LogP contribution in [0.2, 0.25) is 0 Å². The molecule has 5 rings (SSSR count). The fraction of sp³-hybridized carbons (Fsp3) is 0.719. The first-order valence-corrected chi connectivity index (χ1v) is 15.1. The van der Waals surface area contributed by atoms with E-state index in [1.54, 1.807) is 11.6 Å². The Morgan fingerprint density at radius 3 is 2.41 bits per heavy atom. The van der Waals surface area contributed by atoms with Crippen molar-refractivity contribution in [3.63, 3.8) is 0 Å². The summed E-state index contributed by atoms with van der Waals surface area (Å²) < 4.78 is 1.73. The summed E-state index contributed by atoms with van der Waals surface area (Å²) >= 11 is 0. The molecule has 7 heteroatoms. The van der Waals surface area contributed by atoms with Gasteiger partial charge in [0.1, 0.15) is 6.04 Å². The molecule has 0 bridgehead atoms. The molecule has 3 aliphatic carbocycles. The molecule has 2 unspecified atom stereocenters. The molecule has 1 spiro atoms. The monoisotopic (exact) mass is 535 g/mol. The number of nitrogens with zero attached hydrogens (tertiary/aromatic N) is 4. The van der Waals surface area contributed by atoms with Gasteiger partial charge in [0.2, 0.25) is 5.91 Å². The van der Waals surface area contributed by atoms with E-state index in [1.807, 2.05) is 25.4 Å². The van der Waals surface area contributed by atoms with Crippen molar-refractivity contribution in [1.29, 1.82) is 0 Å². The van der Waals surface area contributed by atoms with Crippen LogP contribution in [0.3, 0.4) is 0 Å². The van der Waals surface area contributed by atoms with Crippen LogP contribution in [0.1, 0.15) is 129 Å². The summed E-state index contributed by atoms with van der Waals surface area (Å²) in [7, 11) is 0. The molecule has 0 aliphatic heterocycles. The second kappa shape index (κ2) is 11.9. The van der Waals surface area contributed by atoms with Crippen LogP contribution in [-0.4, -0.2) is 38.2 Å². The summed E-state index contributed by atoms with van der Waals surface area (Å²) in [5.41, 5.74) is 2.72. The van der Waals surface area contributed by atoms with Crippen LogP contribution < -0.4 is 5.32 Å². The molecule has 0 aromatic carbocycles. The van der Waals surface area contributed by atoms with E-state index in [4.69, 9.17) is 0 Å². The average molecular weight is 536 g/mol. The van der Waals surface area contributed by atoms with Crippen molar-refractivity contribution in [3.05, 3.63) is 42.0 Å². The average Bonchev–Trinajstić information content (AvgIpc) is 3.59. The van der Waals surface area contributed by atoms with Gasteiger partial charge in [0.15, 0.2) is 5.78 Å². The van der Waals surface area contributed by atoms with Crippen LogP contribution in [0.15, 0.2) is 30.6 Å². The van der Waals surface area contributed by atoms with Gasteiger partial charge in [0.25, 0.3) is 0 Å². The zero-order chi connectivity index (χ0) is 28.3. The molecule has 1 amide bonds. The summed E-state index contributed by atoms with van der Waals surface area (Å²) in [6, 6.07) is 5.97. The Morgan fingerprint density at radius 2 is 1.90 bits per heavy atom. The van der Waals surface area contributed by atoms with E-state index in [2.05, 4.69) is 60.4 Å². The molecule has 214 valence electrons. The number of nitrogens with one attached hydrogen (secondary N) is 1. The maximum atomic E-state index is 12.4. The second-order valence-electron chi connectivity index (χ2n) is 13.7. The molecule has 1 N–H and O–H groups in total. The normalized spacial score (nSPS) is 20.6. The van der Waals surface area contributed by atoms with Gasteiger partial charge in [-0.1, -0.05) is 65.2 Å². The van der Waals surface area contributed by atoms with Gasteiger partial charge in [0, 0.05) is 41.9 Å². The van der Waals surface area contributed by atoms with E-state index in [9.17, 15) is 9.59 Å². The number of aromatic nitrogens is 4. The number of carbonyl (C=O) groups excluding carboxylic acids is 2. The molecule has 2 aromatic rings. The highest BCUT2D eigenvalue weighted by molar-refractivity contribution is 5.80. The summed E-state index contributed by atoms with van der Waals surface area (Å²) in [4.78, 5) is 28.7. The lowest BCUT2D eigenvalue weighted by Crippen LogP contribution is -2.58. The number of amides is 1. The first kappa shape index (κ1) is 29.4. The van der Waals surface area contributed by atoms with Gasteiger partial charge >= 0.3 is 0 Å². The van der Waals surface area contributed by atoms with Gasteiger partial charge in [-0.05, 0) is 74.8 Å². The van der Waals surface area contributed by atoms with Crippen LogP contribution in [0, 0.1) is 16.7 Å².